The highest BCUT2D eigenvalue weighted by atomic mass is 35.5. The average Bonchev–Trinajstić information content (AvgIpc) is 2.71. The molecule has 3 N–H and O–H groups in total. The molecular formula is C13H17ClN4S. The van der Waals surface area contributed by atoms with Crippen LogP contribution in [0.5, 0.6) is 0 Å². The highest BCUT2D eigenvalue weighted by Crippen LogP contribution is 2.24. The largest absolute Gasteiger partial charge is 0.384 e. The molecular weight excluding hydrogens is 280 g/mol. The Kier molecular flexibility index (Phi) is 3.96. The molecule has 0 radical (unpaired) electrons. The summed E-state index contributed by atoms with van der Waals surface area (Å²) in [5, 5.41) is 3.25. The van der Waals surface area contributed by atoms with E-state index in [1.165, 1.54) is 0 Å². The van der Waals surface area contributed by atoms with Gasteiger partial charge in [-0.25, -0.2) is 9.97 Å². The van der Waals surface area contributed by atoms with Gasteiger partial charge in [-0.05, 0) is 12.1 Å². The number of rotatable bonds is 3. The first-order valence-electron chi connectivity index (χ1n) is 5.98. The Labute approximate surface area is 122 Å². The van der Waals surface area contributed by atoms with Crippen molar-refractivity contribution >= 4 is 34.6 Å². The van der Waals surface area contributed by atoms with Crippen molar-refractivity contribution in [3.63, 3.8) is 0 Å². The molecule has 4 nitrogen and oxygen atoms in total. The third kappa shape index (κ3) is 3.81. The number of thiophene rings is 1. The first kappa shape index (κ1) is 14.1. The maximum atomic E-state index is 5.90. The van der Waals surface area contributed by atoms with Crippen LogP contribution in [0.4, 0.5) is 11.6 Å². The number of halogens is 1. The lowest BCUT2D eigenvalue weighted by Crippen LogP contribution is -2.18. The van der Waals surface area contributed by atoms with Crippen LogP contribution in [0.3, 0.4) is 0 Å². The molecule has 0 bridgehead atoms. The van der Waals surface area contributed by atoms with Gasteiger partial charge in [0.2, 0.25) is 0 Å². The first-order chi connectivity index (χ1) is 8.84. The van der Waals surface area contributed by atoms with Gasteiger partial charge in [0.15, 0.2) is 0 Å². The molecule has 19 heavy (non-hydrogen) atoms. The lowest BCUT2D eigenvalue weighted by atomic mass is 9.96. The third-order valence-corrected chi connectivity index (χ3v) is 3.72. The SMILES string of the molecule is CC(C)(C)c1nc(N)cc(NCc2ccc(Cl)s2)n1. The van der Waals surface area contributed by atoms with E-state index in [9.17, 15) is 0 Å². The summed E-state index contributed by atoms with van der Waals surface area (Å²) in [6.45, 7) is 6.86. The van der Waals surface area contributed by atoms with Gasteiger partial charge in [0.25, 0.3) is 0 Å². The number of aromatic nitrogens is 2. The molecule has 0 aliphatic heterocycles. The van der Waals surface area contributed by atoms with Crippen LogP contribution in [0, 0.1) is 0 Å². The summed E-state index contributed by atoms with van der Waals surface area (Å²) in [6, 6.07) is 5.62. The molecule has 2 heterocycles. The molecule has 0 spiro atoms. The van der Waals surface area contributed by atoms with Crippen molar-refractivity contribution < 1.29 is 0 Å². The van der Waals surface area contributed by atoms with Crippen molar-refractivity contribution in [2.75, 3.05) is 11.1 Å². The Balaban J connectivity index is 2.14. The lowest BCUT2D eigenvalue weighted by molar-refractivity contribution is 0.547. The van der Waals surface area contributed by atoms with Crippen LogP contribution in [-0.4, -0.2) is 9.97 Å². The maximum Gasteiger partial charge on any atom is 0.138 e. The van der Waals surface area contributed by atoms with Crippen LogP contribution in [0.15, 0.2) is 18.2 Å². The van der Waals surface area contributed by atoms with Gasteiger partial charge in [0.05, 0.1) is 10.9 Å². The Morgan fingerprint density at radius 1 is 1.32 bits per heavy atom. The van der Waals surface area contributed by atoms with Crippen molar-refractivity contribution in [3.8, 4) is 0 Å². The van der Waals surface area contributed by atoms with Crippen molar-refractivity contribution in [1.82, 2.24) is 9.97 Å². The van der Waals surface area contributed by atoms with E-state index in [0.29, 0.717) is 12.4 Å². The van der Waals surface area contributed by atoms with Crippen LogP contribution < -0.4 is 11.1 Å². The molecule has 2 aromatic rings. The second-order valence-electron chi connectivity index (χ2n) is 5.31. The van der Waals surface area contributed by atoms with E-state index in [4.69, 9.17) is 17.3 Å². The zero-order chi connectivity index (χ0) is 14.0. The monoisotopic (exact) mass is 296 g/mol. The van der Waals surface area contributed by atoms with E-state index in [1.54, 1.807) is 17.4 Å². The highest BCUT2D eigenvalue weighted by Gasteiger charge is 2.18. The molecule has 0 fully saturated rings. The van der Waals surface area contributed by atoms with Gasteiger partial charge in [-0.1, -0.05) is 32.4 Å². The van der Waals surface area contributed by atoms with E-state index in [2.05, 4.69) is 36.1 Å². The molecule has 2 rings (SSSR count). The number of hydrogen-bond donors (Lipinski definition) is 2. The Hall–Kier alpha value is -1.33. The van der Waals surface area contributed by atoms with E-state index >= 15 is 0 Å². The Morgan fingerprint density at radius 2 is 2.05 bits per heavy atom. The zero-order valence-corrected chi connectivity index (χ0v) is 12.8. The Morgan fingerprint density at radius 3 is 2.63 bits per heavy atom. The van der Waals surface area contributed by atoms with Crippen LogP contribution in [0.25, 0.3) is 0 Å². The van der Waals surface area contributed by atoms with Crippen LogP contribution in [-0.2, 0) is 12.0 Å². The first-order valence-corrected chi connectivity index (χ1v) is 7.17. The molecule has 0 saturated heterocycles. The number of hydrogen-bond acceptors (Lipinski definition) is 5. The summed E-state index contributed by atoms with van der Waals surface area (Å²) < 4.78 is 0.786. The van der Waals surface area contributed by atoms with Crippen LogP contribution in [0.1, 0.15) is 31.5 Å². The average molecular weight is 297 g/mol. The smallest absolute Gasteiger partial charge is 0.138 e. The summed E-state index contributed by atoms with van der Waals surface area (Å²) in [4.78, 5) is 9.92. The van der Waals surface area contributed by atoms with E-state index < -0.39 is 0 Å². The molecule has 0 aliphatic carbocycles. The van der Waals surface area contributed by atoms with Crippen molar-refractivity contribution in [2.24, 2.45) is 0 Å². The quantitative estimate of drug-likeness (QED) is 0.907. The summed E-state index contributed by atoms with van der Waals surface area (Å²) >= 11 is 7.45. The molecule has 6 heteroatoms. The number of nitrogens with one attached hydrogen (secondary N) is 1. The van der Waals surface area contributed by atoms with Gasteiger partial charge in [-0.3, -0.25) is 0 Å². The minimum Gasteiger partial charge on any atom is -0.384 e. The second kappa shape index (κ2) is 5.35. The van der Waals surface area contributed by atoms with E-state index in [1.807, 2.05) is 12.1 Å². The summed E-state index contributed by atoms with van der Waals surface area (Å²) in [7, 11) is 0. The van der Waals surface area contributed by atoms with Crippen molar-refractivity contribution in [3.05, 3.63) is 33.2 Å². The maximum absolute atomic E-state index is 5.90. The molecule has 0 unspecified atom stereocenters. The van der Waals surface area contributed by atoms with E-state index in [0.717, 1.165) is 20.9 Å². The number of nitrogens with zero attached hydrogens (tertiary/aromatic N) is 2. The fourth-order valence-corrected chi connectivity index (χ4v) is 2.54. The van der Waals surface area contributed by atoms with Gasteiger partial charge < -0.3 is 11.1 Å². The molecule has 0 amide bonds. The molecule has 0 saturated carbocycles. The van der Waals surface area contributed by atoms with Gasteiger partial charge in [-0.15, -0.1) is 11.3 Å². The van der Waals surface area contributed by atoms with Gasteiger partial charge in [0, 0.05) is 16.4 Å². The fourth-order valence-electron chi connectivity index (χ4n) is 1.52. The molecule has 0 aliphatic rings. The minimum absolute atomic E-state index is 0.127. The normalized spacial score (nSPS) is 11.6. The number of anilines is 2. The van der Waals surface area contributed by atoms with Gasteiger partial charge in [0.1, 0.15) is 17.5 Å². The van der Waals surface area contributed by atoms with Gasteiger partial charge >= 0.3 is 0 Å². The highest BCUT2D eigenvalue weighted by molar-refractivity contribution is 7.16. The van der Waals surface area contributed by atoms with Crippen LogP contribution >= 0.6 is 22.9 Å². The van der Waals surface area contributed by atoms with Gasteiger partial charge in [-0.2, -0.15) is 0 Å². The predicted octanol–water partition coefficient (Wildman–Crippen LogP) is 3.68. The predicted molar refractivity (Wildman–Crippen MR) is 81.8 cm³/mol. The molecule has 2 aromatic heterocycles. The Bertz CT molecular complexity index is 574. The molecule has 102 valence electrons. The minimum atomic E-state index is -0.127. The van der Waals surface area contributed by atoms with Crippen molar-refractivity contribution in [1.29, 1.82) is 0 Å². The summed E-state index contributed by atoms with van der Waals surface area (Å²) in [5.74, 6) is 1.95. The molecule has 0 atom stereocenters. The fraction of sp³-hybridized carbons (Fsp3) is 0.385. The summed E-state index contributed by atoms with van der Waals surface area (Å²) in [6.07, 6.45) is 0. The standard InChI is InChI=1S/C13H17ClN4S/c1-13(2,3)12-17-10(15)6-11(18-12)16-7-8-4-5-9(14)19-8/h4-6H,7H2,1-3H3,(H3,15,16,17,18). The molecule has 0 aromatic carbocycles. The third-order valence-electron chi connectivity index (χ3n) is 2.49. The lowest BCUT2D eigenvalue weighted by Gasteiger charge is -2.18. The van der Waals surface area contributed by atoms with E-state index in [-0.39, 0.29) is 5.41 Å². The van der Waals surface area contributed by atoms with Crippen LogP contribution in [0.2, 0.25) is 4.34 Å². The zero-order valence-electron chi connectivity index (χ0n) is 11.2. The topological polar surface area (TPSA) is 63.8 Å². The second-order valence-corrected chi connectivity index (χ2v) is 7.11. The van der Waals surface area contributed by atoms with Crippen molar-refractivity contribution in [2.45, 2.75) is 32.7 Å². The summed E-state index contributed by atoms with van der Waals surface area (Å²) in [5.41, 5.74) is 5.69. The number of nitrogens with two attached hydrogens (primary N) is 1. The number of nitrogen functional groups attached to an aromatic ring is 1.